The second-order valence-electron chi connectivity index (χ2n) is 5.10. The second kappa shape index (κ2) is 7.10. The second-order valence-corrected chi connectivity index (χ2v) is 5.54. The molecule has 0 atom stereocenters. The van der Waals surface area contributed by atoms with Crippen molar-refractivity contribution in [2.75, 3.05) is 46.3 Å². The van der Waals surface area contributed by atoms with Crippen LogP contribution in [0.1, 0.15) is 5.56 Å². The van der Waals surface area contributed by atoms with Crippen molar-refractivity contribution in [1.82, 2.24) is 15.1 Å². The van der Waals surface area contributed by atoms with Gasteiger partial charge in [-0.3, -0.25) is 4.90 Å². The van der Waals surface area contributed by atoms with Crippen molar-refractivity contribution in [3.8, 4) is 5.75 Å². The highest BCUT2D eigenvalue weighted by Gasteiger charge is 2.11. The van der Waals surface area contributed by atoms with Crippen LogP contribution in [0.2, 0.25) is 5.02 Å². The van der Waals surface area contributed by atoms with Gasteiger partial charge in [0, 0.05) is 56.4 Å². The number of halogens is 1. The van der Waals surface area contributed by atoms with E-state index in [0.717, 1.165) is 51.4 Å². The predicted octanol–water partition coefficient (Wildman–Crippen LogP) is 1.38. The molecule has 0 amide bonds. The molecular weight excluding hydrogens is 262 g/mol. The Kier molecular flexibility index (Phi) is 5.45. The molecule has 0 aliphatic carbocycles. The van der Waals surface area contributed by atoms with E-state index in [-0.39, 0.29) is 0 Å². The SMILES string of the molecule is CN(CCN1CCNCC1)Cc1cc(Cl)ccc1O. The van der Waals surface area contributed by atoms with Gasteiger partial charge in [-0.05, 0) is 25.2 Å². The fraction of sp³-hybridized carbons (Fsp3) is 0.571. The molecule has 0 saturated carbocycles. The number of phenolic OH excluding ortho intramolecular Hbond substituents is 1. The first-order valence-electron chi connectivity index (χ1n) is 6.74. The zero-order chi connectivity index (χ0) is 13.7. The fourth-order valence-corrected chi connectivity index (χ4v) is 2.49. The summed E-state index contributed by atoms with van der Waals surface area (Å²) in [4.78, 5) is 4.68. The van der Waals surface area contributed by atoms with Gasteiger partial charge in [0.25, 0.3) is 0 Å². The number of piperazine rings is 1. The maximum absolute atomic E-state index is 9.80. The first kappa shape index (κ1) is 14.6. The smallest absolute Gasteiger partial charge is 0.120 e. The number of phenols is 1. The Bertz CT molecular complexity index is 408. The van der Waals surface area contributed by atoms with Crippen LogP contribution in [0, 0.1) is 0 Å². The Morgan fingerprint density at radius 2 is 2.11 bits per heavy atom. The number of rotatable bonds is 5. The van der Waals surface area contributed by atoms with Crippen molar-refractivity contribution in [2.24, 2.45) is 0 Å². The van der Waals surface area contributed by atoms with Gasteiger partial charge in [-0.1, -0.05) is 11.6 Å². The van der Waals surface area contributed by atoms with Gasteiger partial charge in [0.2, 0.25) is 0 Å². The summed E-state index contributed by atoms with van der Waals surface area (Å²) < 4.78 is 0. The number of benzene rings is 1. The first-order chi connectivity index (χ1) is 9.15. The molecule has 0 unspecified atom stereocenters. The topological polar surface area (TPSA) is 38.7 Å². The normalized spacial score (nSPS) is 17.0. The molecule has 1 aliphatic rings. The van der Waals surface area contributed by atoms with E-state index in [0.29, 0.717) is 10.8 Å². The Hall–Kier alpha value is -0.810. The van der Waals surface area contributed by atoms with Gasteiger partial charge in [-0.2, -0.15) is 0 Å². The molecule has 19 heavy (non-hydrogen) atoms. The Labute approximate surface area is 120 Å². The van der Waals surface area contributed by atoms with E-state index in [1.54, 1.807) is 12.1 Å². The van der Waals surface area contributed by atoms with Crippen LogP contribution in [0.5, 0.6) is 5.75 Å². The highest BCUT2D eigenvalue weighted by atomic mass is 35.5. The van der Waals surface area contributed by atoms with E-state index in [1.807, 2.05) is 6.07 Å². The molecule has 0 spiro atoms. The van der Waals surface area contributed by atoms with Crippen LogP contribution < -0.4 is 5.32 Å². The maximum atomic E-state index is 9.80. The molecule has 106 valence electrons. The number of likely N-dealkylation sites (N-methyl/N-ethyl adjacent to an activating group) is 1. The van der Waals surface area contributed by atoms with E-state index >= 15 is 0 Å². The van der Waals surface area contributed by atoms with Gasteiger partial charge in [-0.25, -0.2) is 0 Å². The molecule has 1 fully saturated rings. The van der Waals surface area contributed by atoms with Gasteiger partial charge >= 0.3 is 0 Å². The minimum Gasteiger partial charge on any atom is -0.508 e. The van der Waals surface area contributed by atoms with Crippen molar-refractivity contribution < 1.29 is 5.11 Å². The van der Waals surface area contributed by atoms with Gasteiger partial charge in [0.15, 0.2) is 0 Å². The average molecular weight is 284 g/mol. The summed E-state index contributed by atoms with van der Waals surface area (Å²) in [7, 11) is 2.07. The fourth-order valence-electron chi connectivity index (χ4n) is 2.30. The van der Waals surface area contributed by atoms with Crippen LogP contribution >= 0.6 is 11.6 Å². The summed E-state index contributed by atoms with van der Waals surface area (Å²) >= 11 is 5.95. The maximum Gasteiger partial charge on any atom is 0.120 e. The summed E-state index contributed by atoms with van der Waals surface area (Å²) in [5, 5.41) is 13.8. The molecule has 1 aromatic rings. The summed E-state index contributed by atoms with van der Waals surface area (Å²) in [6.07, 6.45) is 0. The van der Waals surface area contributed by atoms with Gasteiger partial charge < -0.3 is 15.3 Å². The number of nitrogens with one attached hydrogen (secondary N) is 1. The van der Waals surface area contributed by atoms with Gasteiger partial charge in [0.1, 0.15) is 5.75 Å². The van der Waals surface area contributed by atoms with Crippen molar-refractivity contribution in [3.63, 3.8) is 0 Å². The molecule has 5 heteroatoms. The molecule has 1 saturated heterocycles. The largest absolute Gasteiger partial charge is 0.508 e. The first-order valence-corrected chi connectivity index (χ1v) is 7.12. The third-order valence-corrected chi connectivity index (χ3v) is 3.72. The third-order valence-electron chi connectivity index (χ3n) is 3.49. The molecule has 0 radical (unpaired) electrons. The van der Waals surface area contributed by atoms with Crippen molar-refractivity contribution in [3.05, 3.63) is 28.8 Å². The predicted molar refractivity (Wildman–Crippen MR) is 78.8 cm³/mol. The molecular formula is C14H22ClN3O. The molecule has 4 nitrogen and oxygen atoms in total. The Morgan fingerprint density at radius 3 is 2.84 bits per heavy atom. The average Bonchev–Trinajstić information content (AvgIpc) is 2.42. The number of hydrogen-bond acceptors (Lipinski definition) is 4. The van der Waals surface area contributed by atoms with Crippen molar-refractivity contribution >= 4 is 11.6 Å². The lowest BCUT2D eigenvalue weighted by molar-refractivity contribution is 0.201. The monoisotopic (exact) mass is 283 g/mol. The lowest BCUT2D eigenvalue weighted by atomic mass is 10.2. The highest BCUT2D eigenvalue weighted by molar-refractivity contribution is 6.30. The molecule has 1 aliphatic heterocycles. The van der Waals surface area contributed by atoms with E-state index < -0.39 is 0 Å². The zero-order valence-electron chi connectivity index (χ0n) is 11.4. The van der Waals surface area contributed by atoms with Gasteiger partial charge in [0.05, 0.1) is 0 Å². The van der Waals surface area contributed by atoms with E-state index in [2.05, 4.69) is 22.2 Å². The standard InChI is InChI=1S/C14H22ClN3O/c1-17(8-9-18-6-4-16-5-7-18)11-12-10-13(15)2-3-14(12)19/h2-3,10,16,19H,4-9,11H2,1H3. The number of aromatic hydroxyl groups is 1. The Balaban J connectivity index is 1.80. The van der Waals surface area contributed by atoms with Crippen LogP contribution in [0.3, 0.4) is 0 Å². The molecule has 1 aromatic carbocycles. The van der Waals surface area contributed by atoms with Crippen molar-refractivity contribution in [1.29, 1.82) is 0 Å². The Morgan fingerprint density at radius 1 is 1.37 bits per heavy atom. The highest BCUT2D eigenvalue weighted by Crippen LogP contribution is 2.22. The van der Waals surface area contributed by atoms with E-state index in [1.165, 1.54) is 0 Å². The van der Waals surface area contributed by atoms with E-state index in [9.17, 15) is 5.11 Å². The quantitative estimate of drug-likeness (QED) is 0.856. The van der Waals surface area contributed by atoms with Crippen LogP contribution in [-0.4, -0.2) is 61.2 Å². The van der Waals surface area contributed by atoms with Crippen LogP contribution in [-0.2, 0) is 6.54 Å². The lowest BCUT2D eigenvalue weighted by Gasteiger charge is -2.29. The lowest BCUT2D eigenvalue weighted by Crippen LogP contribution is -2.45. The molecule has 1 heterocycles. The minimum absolute atomic E-state index is 0.318. The number of nitrogens with zero attached hydrogens (tertiary/aromatic N) is 2. The van der Waals surface area contributed by atoms with E-state index in [4.69, 9.17) is 11.6 Å². The molecule has 2 rings (SSSR count). The minimum atomic E-state index is 0.318. The van der Waals surface area contributed by atoms with Crippen LogP contribution in [0.15, 0.2) is 18.2 Å². The third kappa shape index (κ3) is 4.66. The summed E-state index contributed by atoms with van der Waals surface area (Å²) in [6.45, 7) is 7.19. The summed E-state index contributed by atoms with van der Waals surface area (Å²) in [6, 6.07) is 5.20. The van der Waals surface area contributed by atoms with Crippen LogP contribution in [0.4, 0.5) is 0 Å². The zero-order valence-corrected chi connectivity index (χ0v) is 12.2. The van der Waals surface area contributed by atoms with Crippen molar-refractivity contribution in [2.45, 2.75) is 6.54 Å². The summed E-state index contributed by atoms with van der Waals surface area (Å²) in [5.74, 6) is 0.318. The molecule has 0 bridgehead atoms. The molecule has 2 N–H and O–H groups in total. The number of hydrogen-bond donors (Lipinski definition) is 2. The van der Waals surface area contributed by atoms with Gasteiger partial charge in [-0.15, -0.1) is 0 Å². The summed E-state index contributed by atoms with van der Waals surface area (Å²) in [5.41, 5.74) is 0.885. The van der Waals surface area contributed by atoms with Crippen LogP contribution in [0.25, 0.3) is 0 Å². The molecule has 0 aromatic heterocycles.